The van der Waals surface area contributed by atoms with E-state index >= 15 is 0 Å². The van der Waals surface area contributed by atoms with E-state index in [0.29, 0.717) is 24.5 Å². The van der Waals surface area contributed by atoms with E-state index in [0.717, 1.165) is 5.39 Å². The van der Waals surface area contributed by atoms with Gasteiger partial charge >= 0.3 is 5.97 Å². The van der Waals surface area contributed by atoms with E-state index in [4.69, 9.17) is 13.9 Å². The number of carbonyl (C=O) groups is 2. The molecule has 0 radical (unpaired) electrons. The third-order valence-corrected chi connectivity index (χ3v) is 4.60. The summed E-state index contributed by atoms with van der Waals surface area (Å²) in [6.07, 6.45) is 0.488. The maximum Gasteiger partial charge on any atom is 0.329 e. The summed E-state index contributed by atoms with van der Waals surface area (Å²) in [5.74, 6) is -0.898. The second kappa shape index (κ2) is 6.16. The fraction of sp³-hybridized carbons (Fsp3) is 0.412. The van der Waals surface area contributed by atoms with Crippen molar-refractivity contribution in [3.8, 4) is 5.75 Å². The monoisotopic (exact) mass is 333 g/mol. The van der Waals surface area contributed by atoms with Gasteiger partial charge in [-0.1, -0.05) is 12.1 Å². The van der Waals surface area contributed by atoms with Crippen molar-refractivity contribution in [1.29, 1.82) is 0 Å². The molecule has 3 rings (SSSR count). The minimum absolute atomic E-state index is 0.0871. The number of hydrogen-bond acceptors (Lipinski definition) is 5. The van der Waals surface area contributed by atoms with E-state index in [-0.39, 0.29) is 18.6 Å². The van der Waals surface area contributed by atoms with Crippen molar-refractivity contribution in [2.45, 2.75) is 18.4 Å². The molecule has 0 bridgehead atoms. The summed E-state index contributed by atoms with van der Waals surface area (Å²) >= 11 is 0. The number of nitrogens with zero attached hydrogens (tertiary/aromatic N) is 1. The molecule has 0 spiro atoms. The van der Waals surface area contributed by atoms with Crippen molar-refractivity contribution in [3.63, 3.8) is 0 Å². The Bertz CT molecular complexity index is 774. The number of furan rings is 1. The molecule has 0 atom stereocenters. The summed E-state index contributed by atoms with van der Waals surface area (Å²) in [4.78, 5) is 25.9. The molecule has 24 heavy (non-hydrogen) atoms. The van der Waals surface area contributed by atoms with Crippen LogP contribution in [0.15, 0.2) is 28.7 Å². The highest BCUT2D eigenvalue weighted by Crippen LogP contribution is 2.32. The highest BCUT2D eigenvalue weighted by atomic mass is 16.5. The minimum atomic E-state index is -1.28. The first kappa shape index (κ1) is 16.3. The SMILES string of the molecule is COc1cccc2cc(C(=O)N(C)C3(C(=O)O)CCOCC3)oc12. The van der Waals surface area contributed by atoms with E-state index in [1.54, 1.807) is 24.3 Å². The van der Waals surface area contributed by atoms with E-state index in [2.05, 4.69) is 0 Å². The summed E-state index contributed by atoms with van der Waals surface area (Å²) in [6, 6.07) is 6.94. The van der Waals surface area contributed by atoms with Crippen LogP contribution in [0.3, 0.4) is 0 Å². The molecule has 128 valence electrons. The number of fused-ring (bicyclic) bond motifs is 1. The lowest BCUT2D eigenvalue weighted by Gasteiger charge is -2.40. The van der Waals surface area contributed by atoms with Gasteiger partial charge in [-0.25, -0.2) is 4.79 Å². The van der Waals surface area contributed by atoms with Crippen LogP contribution in [0.5, 0.6) is 5.75 Å². The Morgan fingerprint density at radius 3 is 2.62 bits per heavy atom. The molecule has 0 saturated carbocycles. The van der Waals surface area contributed by atoms with Gasteiger partial charge in [0, 0.05) is 38.5 Å². The van der Waals surface area contributed by atoms with Crippen molar-refractivity contribution in [2.24, 2.45) is 0 Å². The third kappa shape index (κ3) is 2.50. The minimum Gasteiger partial charge on any atom is -0.493 e. The number of hydrogen-bond donors (Lipinski definition) is 1. The zero-order valence-corrected chi connectivity index (χ0v) is 13.6. The fourth-order valence-electron chi connectivity index (χ4n) is 3.06. The van der Waals surface area contributed by atoms with Crippen molar-refractivity contribution in [1.82, 2.24) is 4.90 Å². The van der Waals surface area contributed by atoms with Gasteiger partial charge in [0.15, 0.2) is 17.1 Å². The normalized spacial score (nSPS) is 16.8. The van der Waals surface area contributed by atoms with Gasteiger partial charge in [-0.3, -0.25) is 4.79 Å². The number of likely N-dealkylation sites (N-methyl/N-ethyl adjacent to an activating group) is 1. The Balaban J connectivity index is 1.97. The van der Waals surface area contributed by atoms with Gasteiger partial charge < -0.3 is 23.9 Å². The molecule has 0 unspecified atom stereocenters. The number of carbonyl (C=O) groups excluding carboxylic acids is 1. The topological polar surface area (TPSA) is 89.2 Å². The summed E-state index contributed by atoms with van der Waals surface area (Å²) in [6.45, 7) is 0.607. The van der Waals surface area contributed by atoms with Crippen LogP contribution < -0.4 is 4.74 Å². The van der Waals surface area contributed by atoms with Crippen LogP contribution in [0.25, 0.3) is 11.0 Å². The number of amides is 1. The van der Waals surface area contributed by atoms with Gasteiger partial charge in [0.1, 0.15) is 5.54 Å². The molecule has 0 aliphatic carbocycles. The number of methoxy groups -OCH3 is 1. The second-order valence-electron chi connectivity index (χ2n) is 5.80. The molecule has 1 aliphatic heterocycles. The fourth-order valence-corrected chi connectivity index (χ4v) is 3.06. The average molecular weight is 333 g/mol. The smallest absolute Gasteiger partial charge is 0.329 e. The summed E-state index contributed by atoms with van der Waals surface area (Å²) in [5, 5.41) is 10.4. The van der Waals surface area contributed by atoms with E-state index < -0.39 is 17.4 Å². The van der Waals surface area contributed by atoms with Gasteiger partial charge in [-0.2, -0.15) is 0 Å². The maximum atomic E-state index is 12.8. The average Bonchev–Trinajstić information content (AvgIpc) is 3.05. The molecule has 1 aliphatic rings. The zero-order valence-electron chi connectivity index (χ0n) is 13.6. The molecule has 1 saturated heterocycles. The largest absolute Gasteiger partial charge is 0.493 e. The lowest BCUT2D eigenvalue weighted by Crippen LogP contribution is -2.58. The molecule has 7 nitrogen and oxygen atoms in total. The number of carboxylic acids is 1. The van der Waals surface area contributed by atoms with Crippen LogP contribution in [0.4, 0.5) is 0 Å². The van der Waals surface area contributed by atoms with E-state index in [1.807, 2.05) is 0 Å². The van der Waals surface area contributed by atoms with Crippen LogP contribution in [-0.2, 0) is 9.53 Å². The Morgan fingerprint density at radius 2 is 2.00 bits per heavy atom. The molecule has 7 heteroatoms. The Hall–Kier alpha value is -2.54. The van der Waals surface area contributed by atoms with Crippen LogP contribution in [0, 0.1) is 0 Å². The zero-order chi connectivity index (χ0) is 17.3. The number of aliphatic carboxylic acids is 1. The molecule has 1 aromatic carbocycles. The highest BCUT2D eigenvalue weighted by Gasteiger charge is 2.46. The molecule has 1 aromatic heterocycles. The van der Waals surface area contributed by atoms with Gasteiger partial charge in [-0.15, -0.1) is 0 Å². The van der Waals surface area contributed by atoms with Crippen LogP contribution >= 0.6 is 0 Å². The predicted octanol–water partition coefficient (Wildman–Crippen LogP) is 2.15. The Kier molecular flexibility index (Phi) is 4.19. The lowest BCUT2D eigenvalue weighted by molar-refractivity contribution is -0.155. The first-order chi connectivity index (χ1) is 11.5. The molecule has 2 heterocycles. The van der Waals surface area contributed by atoms with E-state index in [1.165, 1.54) is 19.1 Å². The molecular weight excluding hydrogens is 314 g/mol. The quantitative estimate of drug-likeness (QED) is 0.922. The molecule has 1 N–H and O–H groups in total. The van der Waals surface area contributed by atoms with Gasteiger partial charge in [0.25, 0.3) is 5.91 Å². The number of ether oxygens (including phenoxy) is 2. The number of benzene rings is 1. The number of rotatable bonds is 4. The predicted molar refractivity (Wildman–Crippen MR) is 85.3 cm³/mol. The summed E-state index contributed by atoms with van der Waals surface area (Å²) in [7, 11) is 3.01. The van der Waals surface area contributed by atoms with Crippen molar-refractivity contribution in [3.05, 3.63) is 30.0 Å². The summed E-state index contributed by atoms with van der Waals surface area (Å²) < 4.78 is 16.1. The van der Waals surface area contributed by atoms with Crippen LogP contribution in [-0.4, -0.2) is 54.8 Å². The first-order valence-electron chi connectivity index (χ1n) is 7.65. The number of carboxylic acid groups (broad SMARTS) is 1. The molecule has 1 amide bonds. The van der Waals surface area contributed by atoms with Crippen molar-refractivity contribution >= 4 is 22.8 Å². The molecule has 2 aromatic rings. The second-order valence-corrected chi connectivity index (χ2v) is 5.80. The van der Waals surface area contributed by atoms with E-state index in [9.17, 15) is 14.7 Å². The standard InChI is InChI=1S/C17H19NO6/c1-18(17(16(20)21)6-8-23-9-7-17)15(19)13-10-11-4-3-5-12(22-2)14(11)24-13/h3-5,10H,6-9H2,1-2H3,(H,20,21). The lowest BCUT2D eigenvalue weighted by atomic mass is 9.88. The Labute approximate surface area is 138 Å². The summed E-state index contributed by atoms with van der Waals surface area (Å²) in [5.41, 5.74) is -0.814. The van der Waals surface area contributed by atoms with Crippen molar-refractivity contribution in [2.75, 3.05) is 27.4 Å². The number of para-hydroxylation sites is 1. The third-order valence-electron chi connectivity index (χ3n) is 4.60. The molecule has 1 fully saturated rings. The molecular formula is C17H19NO6. The van der Waals surface area contributed by atoms with Crippen molar-refractivity contribution < 1.29 is 28.6 Å². The highest BCUT2D eigenvalue weighted by molar-refractivity contribution is 5.99. The Morgan fingerprint density at radius 1 is 1.29 bits per heavy atom. The van der Waals surface area contributed by atoms with Gasteiger partial charge in [0.05, 0.1) is 7.11 Å². The van der Waals surface area contributed by atoms with Gasteiger partial charge in [0.2, 0.25) is 0 Å². The first-order valence-corrected chi connectivity index (χ1v) is 7.65. The van der Waals surface area contributed by atoms with Crippen LogP contribution in [0.1, 0.15) is 23.4 Å². The van der Waals surface area contributed by atoms with Crippen LogP contribution in [0.2, 0.25) is 0 Å². The van der Waals surface area contributed by atoms with Gasteiger partial charge in [-0.05, 0) is 12.1 Å². The maximum absolute atomic E-state index is 12.8.